The van der Waals surface area contributed by atoms with Gasteiger partial charge in [-0.2, -0.15) is 0 Å². The molecule has 3 aromatic rings. The zero-order chi connectivity index (χ0) is 20.5. The number of hydrogen-bond acceptors (Lipinski definition) is 3. The van der Waals surface area contributed by atoms with E-state index in [4.69, 9.17) is 0 Å². The van der Waals surface area contributed by atoms with Crippen LogP contribution in [0.15, 0.2) is 53.6 Å². The monoisotopic (exact) mass is 418 g/mol. The lowest BCUT2D eigenvalue weighted by molar-refractivity contribution is 0.414. The summed E-state index contributed by atoms with van der Waals surface area (Å²) in [4.78, 5) is 5.52. The molecule has 1 fully saturated rings. The van der Waals surface area contributed by atoms with Crippen LogP contribution in [-0.2, 0) is 19.3 Å². The molecule has 0 atom stereocenters. The SMILES string of the molecule is Fc1c(-c2cnc3c(c2)CCCN3)ccc(C2CCC2)c1CCc1cccc(S)c1. The summed E-state index contributed by atoms with van der Waals surface area (Å²) in [6.45, 7) is 0.960. The molecule has 1 N–H and O–H groups in total. The molecule has 5 rings (SSSR count). The van der Waals surface area contributed by atoms with Crippen molar-refractivity contribution in [3.8, 4) is 11.1 Å². The first kappa shape index (κ1) is 19.6. The molecule has 4 heteroatoms. The van der Waals surface area contributed by atoms with Gasteiger partial charge in [0.2, 0.25) is 0 Å². The van der Waals surface area contributed by atoms with Crippen LogP contribution in [0.25, 0.3) is 11.1 Å². The van der Waals surface area contributed by atoms with Gasteiger partial charge in [0.1, 0.15) is 11.6 Å². The Morgan fingerprint density at radius 1 is 1.07 bits per heavy atom. The Morgan fingerprint density at radius 3 is 2.77 bits per heavy atom. The molecular formula is C26H27FN2S. The van der Waals surface area contributed by atoms with Gasteiger partial charge in [0.05, 0.1) is 0 Å². The van der Waals surface area contributed by atoms with Crippen molar-refractivity contribution in [2.45, 2.75) is 55.8 Å². The van der Waals surface area contributed by atoms with Crippen molar-refractivity contribution in [3.63, 3.8) is 0 Å². The van der Waals surface area contributed by atoms with Crippen molar-refractivity contribution < 1.29 is 4.39 Å². The third kappa shape index (κ3) is 3.85. The number of hydrogen-bond donors (Lipinski definition) is 2. The summed E-state index contributed by atoms with van der Waals surface area (Å²) in [5, 5.41) is 3.34. The van der Waals surface area contributed by atoms with Crippen LogP contribution in [0.2, 0.25) is 0 Å². The minimum Gasteiger partial charge on any atom is -0.370 e. The standard InChI is InChI=1S/C26H27FN2S/c27-25-23(20-15-19-7-3-13-28-26(19)29-16-20)12-11-22(18-5-2-6-18)24(25)10-9-17-4-1-8-21(30)14-17/h1,4,8,11-12,14-16,18,30H,2-3,5-7,9-10,13H2,(H,28,29). The quantitative estimate of drug-likeness (QED) is 0.457. The third-order valence-corrected chi connectivity index (χ3v) is 6.87. The number of pyridine rings is 1. The molecule has 2 aliphatic rings. The summed E-state index contributed by atoms with van der Waals surface area (Å²) < 4.78 is 15.9. The lowest BCUT2D eigenvalue weighted by atomic mass is 9.76. The van der Waals surface area contributed by atoms with Gasteiger partial charge in [-0.1, -0.05) is 30.7 Å². The first-order valence-electron chi connectivity index (χ1n) is 11.0. The van der Waals surface area contributed by atoms with E-state index in [1.54, 1.807) is 0 Å². The maximum absolute atomic E-state index is 15.9. The summed E-state index contributed by atoms with van der Waals surface area (Å²) in [5.74, 6) is 1.39. The topological polar surface area (TPSA) is 24.9 Å². The largest absolute Gasteiger partial charge is 0.370 e. The molecule has 0 bridgehead atoms. The van der Waals surface area contributed by atoms with Crippen LogP contribution < -0.4 is 5.32 Å². The van der Waals surface area contributed by atoms with Gasteiger partial charge in [0, 0.05) is 28.8 Å². The fourth-order valence-corrected chi connectivity index (χ4v) is 4.94. The zero-order valence-electron chi connectivity index (χ0n) is 17.1. The number of rotatable bonds is 5. The molecule has 0 saturated heterocycles. The van der Waals surface area contributed by atoms with Gasteiger partial charge in [-0.3, -0.25) is 0 Å². The van der Waals surface area contributed by atoms with Crippen LogP contribution in [0.5, 0.6) is 0 Å². The number of aryl methyl sites for hydroxylation is 2. The Balaban J connectivity index is 1.50. The number of nitrogens with zero attached hydrogens (tertiary/aromatic N) is 1. The Kier molecular flexibility index (Phi) is 5.51. The van der Waals surface area contributed by atoms with Gasteiger partial charge in [-0.15, -0.1) is 12.6 Å². The number of anilines is 1. The van der Waals surface area contributed by atoms with Gasteiger partial charge in [-0.25, -0.2) is 9.37 Å². The lowest BCUT2D eigenvalue weighted by Crippen LogP contribution is -2.14. The summed E-state index contributed by atoms with van der Waals surface area (Å²) in [6.07, 6.45) is 9.02. The average Bonchev–Trinajstić information content (AvgIpc) is 2.72. The van der Waals surface area contributed by atoms with Crippen molar-refractivity contribution in [1.82, 2.24) is 4.98 Å². The molecule has 2 heterocycles. The van der Waals surface area contributed by atoms with E-state index in [-0.39, 0.29) is 5.82 Å². The van der Waals surface area contributed by atoms with E-state index < -0.39 is 0 Å². The summed E-state index contributed by atoms with van der Waals surface area (Å²) >= 11 is 4.45. The summed E-state index contributed by atoms with van der Waals surface area (Å²) in [5.41, 5.74) is 6.04. The molecule has 1 aliphatic heterocycles. The van der Waals surface area contributed by atoms with Crippen molar-refractivity contribution in [3.05, 3.63) is 76.7 Å². The number of halogens is 1. The van der Waals surface area contributed by atoms with Crippen molar-refractivity contribution in [2.75, 3.05) is 11.9 Å². The van der Waals surface area contributed by atoms with Crippen LogP contribution in [0, 0.1) is 5.82 Å². The molecule has 0 amide bonds. The normalized spacial score (nSPS) is 15.9. The van der Waals surface area contributed by atoms with E-state index in [0.717, 1.165) is 47.6 Å². The van der Waals surface area contributed by atoms with E-state index in [2.05, 4.69) is 47.2 Å². The second-order valence-corrected chi connectivity index (χ2v) is 9.07. The Morgan fingerprint density at radius 2 is 1.97 bits per heavy atom. The molecule has 1 aliphatic carbocycles. The second kappa shape index (κ2) is 8.43. The molecule has 30 heavy (non-hydrogen) atoms. The Labute approximate surface area is 183 Å². The van der Waals surface area contributed by atoms with E-state index in [1.165, 1.54) is 36.0 Å². The highest BCUT2D eigenvalue weighted by Crippen LogP contribution is 2.41. The average molecular weight is 419 g/mol. The van der Waals surface area contributed by atoms with Gasteiger partial charge in [0.25, 0.3) is 0 Å². The van der Waals surface area contributed by atoms with Crippen molar-refractivity contribution in [1.29, 1.82) is 0 Å². The number of aromatic nitrogens is 1. The molecule has 2 nitrogen and oxygen atoms in total. The molecule has 0 unspecified atom stereocenters. The molecule has 0 spiro atoms. The highest BCUT2D eigenvalue weighted by Gasteiger charge is 2.25. The van der Waals surface area contributed by atoms with E-state index in [0.29, 0.717) is 17.9 Å². The summed E-state index contributed by atoms with van der Waals surface area (Å²) in [7, 11) is 0. The molecule has 0 radical (unpaired) electrons. The van der Waals surface area contributed by atoms with Crippen LogP contribution in [0.3, 0.4) is 0 Å². The number of nitrogens with one attached hydrogen (secondary N) is 1. The zero-order valence-corrected chi connectivity index (χ0v) is 18.0. The van der Waals surface area contributed by atoms with E-state index >= 15 is 4.39 Å². The minimum absolute atomic E-state index is 0.0630. The number of fused-ring (bicyclic) bond motifs is 1. The van der Waals surface area contributed by atoms with Crippen LogP contribution in [0.1, 0.15) is 53.9 Å². The Hall–Kier alpha value is -2.33. The van der Waals surface area contributed by atoms with Gasteiger partial charge in [0.15, 0.2) is 0 Å². The van der Waals surface area contributed by atoms with Crippen molar-refractivity contribution >= 4 is 18.4 Å². The molecule has 154 valence electrons. The van der Waals surface area contributed by atoms with Crippen LogP contribution >= 0.6 is 12.6 Å². The molecule has 1 aromatic heterocycles. The minimum atomic E-state index is -0.0630. The predicted octanol–water partition coefficient (Wildman–Crippen LogP) is 6.59. The molecule has 1 saturated carbocycles. The lowest BCUT2D eigenvalue weighted by Gasteiger charge is -2.29. The number of thiol groups is 1. The highest BCUT2D eigenvalue weighted by atomic mass is 32.1. The Bertz CT molecular complexity index is 1070. The smallest absolute Gasteiger partial charge is 0.134 e. The molecular weight excluding hydrogens is 391 g/mol. The summed E-state index contributed by atoms with van der Waals surface area (Å²) in [6, 6.07) is 14.4. The van der Waals surface area contributed by atoms with Gasteiger partial charge < -0.3 is 5.32 Å². The second-order valence-electron chi connectivity index (χ2n) is 8.55. The fourth-order valence-electron chi connectivity index (χ4n) is 4.69. The van der Waals surface area contributed by atoms with Crippen molar-refractivity contribution in [2.24, 2.45) is 0 Å². The first-order chi connectivity index (χ1) is 14.7. The maximum Gasteiger partial charge on any atom is 0.134 e. The van der Waals surface area contributed by atoms with Crippen LogP contribution in [0.4, 0.5) is 10.2 Å². The van der Waals surface area contributed by atoms with Gasteiger partial charge in [-0.05, 0) is 84.9 Å². The predicted molar refractivity (Wildman–Crippen MR) is 124 cm³/mol. The van der Waals surface area contributed by atoms with Gasteiger partial charge >= 0.3 is 0 Å². The van der Waals surface area contributed by atoms with Crippen LogP contribution in [-0.4, -0.2) is 11.5 Å². The maximum atomic E-state index is 15.9. The molecule has 2 aromatic carbocycles. The number of benzene rings is 2. The van der Waals surface area contributed by atoms with E-state index in [9.17, 15) is 0 Å². The first-order valence-corrected chi connectivity index (χ1v) is 11.5. The fraction of sp³-hybridized carbons (Fsp3) is 0.346. The van der Waals surface area contributed by atoms with E-state index in [1.807, 2.05) is 24.4 Å². The highest BCUT2D eigenvalue weighted by molar-refractivity contribution is 7.80. The third-order valence-electron chi connectivity index (χ3n) is 6.59.